The Bertz CT molecular complexity index is 723. The number of nitrogens with one attached hydrogen (secondary N) is 2. The summed E-state index contributed by atoms with van der Waals surface area (Å²) in [6.45, 7) is 8.18. The lowest BCUT2D eigenvalue weighted by molar-refractivity contribution is -0.127. The second-order valence-electron chi connectivity index (χ2n) is 7.99. The third-order valence-electron chi connectivity index (χ3n) is 5.17. The van der Waals surface area contributed by atoms with Crippen LogP contribution in [0.3, 0.4) is 0 Å². The molecule has 0 atom stereocenters. The van der Waals surface area contributed by atoms with E-state index in [1.807, 2.05) is 19.9 Å². The van der Waals surface area contributed by atoms with E-state index >= 15 is 0 Å². The van der Waals surface area contributed by atoms with Crippen molar-refractivity contribution < 1.29 is 14.3 Å². The van der Waals surface area contributed by atoms with Gasteiger partial charge in [0, 0.05) is 24.3 Å². The Hall–Kier alpha value is -2.50. The minimum absolute atomic E-state index is 0.00287. The quantitative estimate of drug-likeness (QED) is 0.784. The molecule has 27 heavy (non-hydrogen) atoms. The van der Waals surface area contributed by atoms with Crippen LogP contribution < -0.4 is 20.3 Å². The van der Waals surface area contributed by atoms with Crippen LogP contribution in [0.1, 0.15) is 46.0 Å². The molecule has 1 fully saturated rings. The van der Waals surface area contributed by atoms with Gasteiger partial charge in [-0.25, -0.2) is 4.79 Å². The van der Waals surface area contributed by atoms with Crippen LogP contribution >= 0.6 is 0 Å². The van der Waals surface area contributed by atoms with E-state index < -0.39 is 5.41 Å². The smallest absolute Gasteiger partial charge is 0.319 e. The third-order valence-corrected chi connectivity index (χ3v) is 5.17. The Labute approximate surface area is 161 Å². The molecule has 0 spiro atoms. The highest BCUT2D eigenvalue weighted by atomic mass is 16.5. The molecule has 146 valence electrons. The Morgan fingerprint density at radius 3 is 2.78 bits per heavy atom. The molecule has 1 aromatic carbocycles. The van der Waals surface area contributed by atoms with E-state index in [1.54, 1.807) is 23.1 Å². The van der Waals surface area contributed by atoms with Crippen LogP contribution in [-0.2, 0) is 4.79 Å². The van der Waals surface area contributed by atoms with Gasteiger partial charge in [-0.2, -0.15) is 0 Å². The lowest BCUT2D eigenvalue weighted by Gasteiger charge is -2.27. The van der Waals surface area contributed by atoms with Crippen LogP contribution in [0.2, 0.25) is 0 Å². The first-order chi connectivity index (χ1) is 12.9. The summed E-state index contributed by atoms with van der Waals surface area (Å²) in [6, 6.07) is 5.44. The standard InChI is InChI=1S/C21H29N3O3/c1-4-12-24-17-11-10-16(13-18(17)27-14-21(2,3)19(24)25)23-20(26)22-15-8-6-5-7-9-15/h4,10-11,13,15H,1,5-9,12,14H2,2-3H3,(H2,22,23,26). The van der Waals surface area contributed by atoms with Crippen LogP contribution in [0.15, 0.2) is 30.9 Å². The number of hydrogen-bond acceptors (Lipinski definition) is 3. The fourth-order valence-electron chi connectivity index (χ4n) is 3.63. The predicted molar refractivity (Wildman–Crippen MR) is 107 cm³/mol. The molecule has 1 aliphatic heterocycles. The molecule has 0 bridgehead atoms. The number of urea groups is 1. The van der Waals surface area contributed by atoms with Gasteiger partial charge in [-0.1, -0.05) is 25.3 Å². The van der Waals surface area contributed by atoms with E-state index in [9.17, 15) is 9.59 Å². The molecule has 0 saturated heterocycles. The highest BCUT2D eigenvalue weighted by Crippen LogP contribution is 2.38. The number of ether oxygens (including phenoxy) is 1. The Balaban J connectivity index is 1.75. The zero-order valence-corrected chi connectivity index (χ0v) is 16.2. The zero-order valence-electron chi connectivity index (χ0n) is 16.2. The maximum Gasteiger partial charge on any atom is 0.319 e. The van der Waals surface area contributed by atoms with Crippen LogP contribution in [0.5, 0.6) is 5.75 Å². The molecule has 3 rings (SSSR count). The van der Waals surface area contributed by atoms with Crippen molar-refractivity contribution in [2.75, 3.05) is 23.4 Å². The molecule has 2 aliphatic rings. The van der Waals surface area contributed by atoms with Gasteiger partial charge >= 0.3 is 6.03 Å². The number of fused-ring (bicyclic) bond motifs is 1. The average molecular weight is 371 g/mol. The van der Waals surface area contributed by atoms with Gasteiger partial charge in [0.15, 0.2) is 0 Å². The van der Waals surface area contributed by atoms with Crippen molar-refractivity contribution in [1.29, 1.82) is 0 Å². The number of hydrogen-bond donors (Lipinski definition) is 2. The molecule has 6 heteroatoms. The second-order valence-corrected chi connectivity index (χ2v) is 7.99. The molecule has 1 saturated carbocycles. The van der Waals surface area contributed by atoms with Gasteiger partial charge in [-0.15, -0.1) is 6.58 Å². The van der Waals surface area contributed by atoms with Crippen LogP contribution in [0, 0.1) is 5.41 Å². The summed E-state index contributed by atoms with van der Waals surface area (Å²) in [5, 5.41) is 5.93. The number of carbonyl (C=O) groups excluding carboxylic acids is 2. The maximum absolute atomic E-state index is 12.8. The predicted octanol–water partition coefficient (Wildman–Crippen LogP) is 4.08. The van der Waals surface area contributed by atoms with Crippen LogP contribution in [0.4, 0.5) is 16.2 Å². The first-order valence-electron chi connectivity index (χ1n) is 9.68. The van der Waals surface area contributed by atoms with E-state index in [2.05, 4.69) is 17.2 Å². The molecule has 0 radical (unpaired) electrons. The lowest BCUT2D eigenvalue weighted by Crippen LogP contribution is -2.42. The van der Waals surface area contributed by atoms with Gasteiger partial charge in [0.05, 0.1) is 11.1 Å². The molecule has 1 aliphatic carbocycles. The average Bonchev–Trinajstić information content (AvgIpc) is 2.73. The van der Waals surface area contributed by atoms with Crippen molar-refractivity contribution in [3.05, 3.63) is 30.9 Å². The van der Waals surface area contributed by atoms with Crippen molar-refractivity contribution in [2.24, 2.45) is 5.41 Å². The molecule has 1 aromatic rings. The third kappa shape index (κ3) is 4.43. The summed E-state index contributed by atoms with van der Waals surface area (Å²) in [6.07, 6.45) is 7.36. The SMILES string of the molecule is C=CCN1C(=O)C(C)(C)COc2cc(NC(=O)NC3CCCCC3)ccc21. The van der Waals surface area contributed by atoms with Gasteiger partial charge in [0.25, 0.3) is 0 Å². The molecule has 0 aromatic heterocycles. The molecular formula is C21H29N3O3. The molecule has 6 nitrogen and oxygen atoms in total. The van der Waals surface area contributed by atoms with Crippen molar-refractivity contribution in [2.45, 2.75) is 52.0 Å². The van der Waals surface area contributed by atoms with E-state index in [-0.39, 0.29) is 24.6 Å². The van der Waals surface area contributed by atoms with Gasteiger partial charge in [-0.05, 0) is 38.8 Å². The number of nitrogens with zero attached hydrogens (tertiary/aromatic N) is 1. The fraction of sp³-hybridized carbons (Fsp3) is 0.524. The number of amides is 3. The van der Waals surface area contributed by atoms with Gasteiger partial charge in [0.1, 0.15) is 12.4 Å². The lowest BCUT2D eigenvalue weighted by atomic mass is 9.93. The van der Waals surface area contributed by atoms with E-state index in [0.717, 1.165) is 12.8 Å². The minimum Gasteiger partial charge on any atom is -0.490 e. The number of anilines is 2. The highest BCUT2D eigenvalue weighted by Gasteiger charge is 2.37. The summed E-state index contributed by atoms with van der Waals surface area (Å²) < 4.78 is 5.91. The summed E-state index contributed by atoms with van der Waals surface area (Å²) >= 11 is 0. The molecule has 1 heterocycles. The van der Waals surface area contributed by atoms with Gasteiger partial charge in [-0.3, -0.25) is 4.79 Å². The Morgan fingerprint density at radius 2 is 2.07 bits per heavy atom. The number of benzene rings is 1. The number of carbonyl (C=O) groups is 2. The van der Waals surface area contributed by atoms with Gasteiger partial charge < -0.3 is 20.3 Å². The number of rotatable bonds is 4. The Morgan fingerprint density at radius 1 is 1.33 bits per heavy atom. The van der Waals surface area contributed by atoms with Gasteiger partial charge in [0.2, 0.25) is 5.91 Å². The maximum atomic E-state index is 12.8. The summed E-state index contributed by atoms with van der Waals surface area (Å²) in [4.78, 5) is 26.8. The molecular weight excluding hydrogens is 342 g/mol. The van der Waals surface area contributed by atoms with E-state index in [0.29, 0.717) is 23.7 Å². The molecule has 3 amide bonds. The summed E-state index contributed by atoms with van der Waals surface area (Å²) in [7, 11) is 0. The summed E-state index contributed by atoms with van der Waals surface area (Å²) in [5.41, 5.74) is 0.713. The second kappa shape index (κ2) is 8.03. The molecule has 2 N–H and O–H groups in total. The van der Waals surface area contributed by atoms with Crippen molar-refractivity contribution in [3.63, 3.8) is 0 Å². The van der Waals surface area contributed by atoms with Crippen LogP contribution in [0.25, 0.3) is 0 Å². The normalized spacial score (nSPS) is 19.5. The monoisotopic (exact) mass is 371 g/mol. The first kappa shape index (κ1) is 19.3. The van der Waals surface area contributed by atoms with Crippen molar-refractivity contribution in [3.8, 4) is 5.75 Å². The summed E-state index contributed by atoms with van der Waals surface area (Å²) in [5.74, 6) is 0.586. The van der Waals surface area contributed by atoms with E-state index in [1.165, 1.54) is 19.3 Å². The topological polar surface area (TPSA) is 70.7 Å². The Kier molecular flexibility index (Phi) is 5.73. The zero-order chi connectivity index (χ0) is 19.4. The fourth-order valence-corrected chi connectivity index (χ4v) is 3.63. The highest BCUT2D eigenvalue weighted by molar-refractivity contribution is 6.00. The first-order valence-corrected chi connectivity index (χ1v) is 9.68. The van der Waals surface area contributed by atoms with E-state index in [4.69, 9.17) is 4.74 Å². The minimum atomic E-state index is -0.631. The van der Waals surface area contributed by atoms with Crippen LogP contribution in [-0.4, -0.2) is 31.1 Å². The van der Waals surface area contributed by atoms with Crippen molar-refractivity contribution in [1.82, 2.24) is 5.32 Å². The molecule has 0 unspecified atom stereocenters. The largest absolute Gasteiger partial charge is 0.490 e. The van der Waals surface area contributed by atoms with Crippen molar-refractivity contribution >= 4 is 23.3 Å².